The molecule has 2 rings (SSSR count). The second-order valence-electron chi connectivity index (χ2n) is 4.86. The van der Waals surface area contributed by atoms with Gasteiger partial charge >= 0.3 is 5.97 Å². The van der Waals surface area contributed by atoms with Crippen LogP contribution in [-0.2, 0) is 9.63 Å². The van der Waals surface area contributed by atoms with Crippen molar-refractivity contribution < 1.29 is 14.4 Å². The zero-order valence-electron chi connectivity index (χ0n) is 11.5. The van der Waals surface area contributed by atoms with E-state index in [1.807, 2.05) is 0 Å². The Morgan fingerprint density at radius 2 is 1.95 bits per heavy atom. The Kier molecular flexibility index (Phi) is 4.49. The van der Waals surface area contributed by atoms with Crippen LogP contribution >= 0.6 is 23.2 Å². The number of rotatable bonds is 2. The third kappa shape index (κ3) is 3.17. The number of ketones is 1. The summed E-state index contributed by atoms with van der Waals surface area (Å²) >= 11 is 12.3. The molecular weight excluding hydrogens is 313 g/mol. The number of benzene rings is 1. The maximum atomic E-state index is 11.9. The van der Waals surface area contributed by atoms with Gasteiger partial charge in [-0.1, -0.05) is 23.4 Å². The number of nitrogens with zero attached hydrogens (tertiary/aromatic N) is 1. The van der Waals surface area contributed by atoms with Crippen molar-refractivity contribution in [2.45, 2.75) is 24.1 Å². The van der Waals surface area contributed by atoms with E-state index in [0.29, 0.717) is 11.1 Å². The Morgan fingerprint density at radius 1 is 1.33 bits per heavy atom. The van der Waals surface area contributed by atoms with Gasteiger partial charge < -0.3 is 4.84 Å². The Bertz CT molecular complexity index is 636. The zero-order chi connectivity index (χ0) is 15.6. The number of alkyl halides is 2. The Hall–Kier alpha value is -1.65. The molecule has 0 saturated carbocycles. The molecule has 0 spiro atoms. The van der Waals surface area contributed by atoms with Crippen molar-refractivity contribution in [1.29, 1.82) is 0 Å². The highest BCUT2D eigenvalue weighted by Crippen LogP contribution is 2.33. The summed E-state index contributed by atoms with van der Waals surface area (Å²) in [7, 11) is 0. The minimum atomic E-state index is -1.31. The number of hydrogen-bond acceptors (Lipinski definition) is 4. The van der Waals surface area contributed by atoms with Crippen LogP contribution in [0.3, 0.4) is 0 Å². The van der Waals surface area contributed by atoms with Crippen LogP contribution in [0.15, 0.2) is 47.1 Å². The Labute approximate surface area is 132 Å². The van der Waals surface area contributed by atoms with Gasteiger partial charge in [-0.25, -0.2) is 4.79 Å². The molecule has 1 aliphatic rings. The second-order valence-corrected chi connectivity index (χ2v) is 6.08. The van der Waals surface area contributed by atoms with Gasteiger partial charge in [-0.15, -0.1) is 23.2 Å². The van der Waals surface area contributed by atoms with Crippen molar-refractivity contribution in [2.24, 2.45) is 5.16 Å². The molecule has 2 unspecified atom stereocenters. The van der Waals surface area contributed by atoms with Crippen LogP contribution in [0, 0.1) is 0 Å². The summed E-state index contributed by atoms with van der Waals surface area (Å²) in [5.74, 6) is -0.872. The van der Waals surface area contributed by atoms with Crippen LogP contribution in [0.25, 0.3) is 0 Å². The van der Waals surface area contributed by atoms with Crippen LogP contribution in [0.1, 0.15) is 24.2 Å². The number of hydrogen-bond donors (Lipinski definition) is 0. The molecule has 6 heteroatoms. The summed E-state index contributed by atoms with van der Waals surface area (Å²) in [6, 6.07) is 8.44. The molecule has 0 aliphatic heterocycles. The van der Waals surface area contributed by atoms with E-state index in [4.69, 9.17) is 28.0 Å². The molecule has 0 heterocycles. The average Bonchev–Trinajstić information content (AvgIpc) is 2.48. The Balaban J connectivity index is 2.22. The van der Waals surface area contributed by atoms with Gasteiger partial charge in [-0.3, -0.25) is 4.79 Å². The Morgan fingerprint density at radius 3 is 2.57 bits per heavy atom. The van der Waals surface area contributed by atoms with E-state index < -0.39 is 16.2 Å². The van der Waals surface area contributed by atoms with Crippen molar-refractivity contribution in [3.63, 3.8) is 0 Å². The predicted octanol–water partition coefficient (Wildman–Crippen LogP) is 3.33. The van der Waals surface area contributed by atoms with Crippen molar-refractivity contribution in [3.05, 3.63) is 47.5 Å². The SMILES string of the molecule is CC1=CC(=NOC(=O)c2ccccc2)C(Cl)C(C)(Cl)C1=O. The minimum Gasteiger partial charge on any atom is -0.312 e. The highest BCUT2D eigenvalue weighted by molar-refractivity contribution is 6.50. The third-order valence-corrected chi connectivity index (χ3v) is 4.31. The molecule has 4 nitrogen and oxygen atoms in total. The van der Waals surface area contributed by atoms with E-state index in [1.165, 1.54) is 13.0 Å². The third-order valence-electron chi connectivity index (χ3n) is 3.15. The number of carbonyl (C=O) groups is 2. The van der Waals surface area contributed by atoms with Gasteiger partial charge in [0.1, 0.15) is 16.0 Å². The normalized spacial score (nSPS) is 27.4. The zero-order valence-corrected chi connectivity index (χ0v) is 13.0. The summed E-state index contributed by atoms with van der Waals surface area (Å²) in [4.78, 5) is 27.3. The molecule has 2 atom stereocenters. The smallest absolute Gasteiger partial charge is 0.312 e. The fourth-order valence-electron chi connectivity index (χ4n) is 1.93. The predicted molar refractivity (Wildman–Crippen MR) is 82.0 cm³/mol. The lowest BCUT2D eigenvalue weighted by Crippen LogP contribution is -2.46. The molecule has 110 valence electrons. The first-order valence-electron chi connectivity index (χ1n) is 6.24. The lowest BCUT2D eigenvalue weighted by atomic mass is 9.87. The number of halogens is 2. The molecule has 0 fully saturated rings. The average molecular weight is 326 g/mol. The monoisotopic (exact) mass is 325 g/mol. The first kappa shape index (κ1) is 15.7. The van der Waals surface area contributed by atoms with E-state index in [0.717, 1.165) is 0 Å². The highest BCUT2D eigenvalue weighted by Gasteiger charge is 2.44. The summed E-state index contributed by atoms with van der Waals surface area (Å²) in [6.07, 6.45) is 1.47. The first-order chi connectivity index (χ1) is 9.84. The van der Waals surface area contributed by atoms with Crippen LogP contribution < -0.4 is 0 Å². The van der Waals surface area contributed by atoms with Gasteiger partial charge in [0.25, 0.3) is 0 Å². The largest absolute Gasteiger partial charge is 0.365 e. The van der Waals surface area contributed by atoms with E-state index in [9.17, 15) is 9.59 Å². The number of carbonyl (C=O) groups excluding carboxylic acids is 2. The lowest BCUT2D eigenvalue weighted by Gasteiger charge is -2.29. The molecule has 0 aromatic heterocycles. The van der Waals surface area contributed by atoms with Gasteiger partial charge in [0.05, 0.1) is 5.56 Å². The van der Waals surface area contributed by atoms with E-state index in [2.05, 4.69) is 5.16 Å². The summed E-state index contributed by atoms with van der Waals surface area (Å²) in [6.45, 7) is 3.12. The maximum Gasteiger partial charge on any atom is 0.365 e. The van der Waals surface area contributed by atoms with E-state index in [1.54, 1.807) is 37.3 Å². The molecule has 1 aliphatic carbocycles. The van der Waals surface area contributed by atoms with Gasteiger partial charge in [0.2, 0.25) is 0 Å². The highest BCUT2D eigenvalue weighted by atomic mass is 35.5. The fraction of sp³-hybridized carbons (Fsp3) is 0.267. The van der Waals surface area contributed by atoms with Crippen LogP contribution in [-0.4, -0.2) is 27.7 Å². The molecule has 0 N–H and O–H groups in total. The fourth-order valence-corrected chi connectivity index (χ4v) is 2.40. The molecule has 0 saturated heterocycles. The van der Waals surface area contributed by atoms with Crippen LogP contribution in [0.5, 0.6) is 0 Å². The van der Waals surface area contributed by atoms with Crippen molar-refractivity contribution in [3.8, 4) is 0 Å². The molecule has 21 heavy (non-hydrogen) atoms. The quantitative estimate of drug-likeness (QED) is 0.476. The number of Topliss-reactive ketones (excluding diaryl/α,β-unsaturated/α-hetero) is 1. The van der Waals surface area contributed by atoms with E-state index >= 15 is 0 Å². The van der Waals surface area contributed by atoms with Crippen molar-refractivity contribution >= 4 is 40.7 Å². The first-order valence-corrected chi connectivity index (χ1v) is 7.06. The topological polar surface area (TPSA) is 55.7 Å². The van der Waals surface area contributed by atoms with Gasteiger partial charge in [0, 0.05) is 0 Å². The van der Waals surface area contributed by atoms with Crippen LogP contribution in [0.4, 0.5) is 0 Å². The van der Waals surface area contributed by atoms with Gasteiger partial charge in [0.15, 0.2) is 5.78 Å². The molecule has 1 aromatic rings. The molecule has 1 aromatic carbocycles. The molecule has 0 amide bonds. The second kappa shape index (κ2) is 6.00. The van der Waals surface area contributed by atoms with Crippen molar-refractivity contribution in [2.75, 3.05) is 0 Å². The number of oxime groups is 1. The van der Waals surface area contributed by atoms with Gasteiger partial charge in [-0.05, 0) is 37.6 Å². The summed E-state index contributed by atoms with van der Waals surface area (Å²) in [5.41, 5.74) is 1.03. The molecule has 0 bridgehead atoms. The summed E-state index contributed by atoms with van der Waals surface area (Å²) < 4.78 is 0. The van der Waals surface area contributed by atoms with Crippen LogP contribution in [0.2, 0.25) is 0 Å². The minimum absolute atomic E-state index is 0.246. The van der Waals surface area contributed by atoms with Crippen molar-refractivity contribution in [1.82, 2.24) is 0 Å². The van der Waals surface area contributed by atoms with Gasteiger partial charge in [-0.2, -0.15) is 0 Å². The molecule has 0 radical (unpaired) electrons. The number of allylic oxidation sites excluding steroid dienone is 2. The standard InChI is InChI=1S/C15H13Cl2NO3/c1-9-8-11(12(16)15(2,17)13(9)19)18-21-14(20)10-6-4-3-5-7-10/h3-8,12H,1-2H3. The lowest BCUT2D eigenvalue weighted by molar-refractivity contribution is -0.117. The molecular formula is C15H13Cl2NO3. The maximum absolute atomic E-state index is 11.9. The summed E-state index contributed by atoms with van der Waals surface area (Å²) in [5, 5.41) is 2.87. The van der Waals surface area contributed by atoms with E-state index in [-0.39, 0.29) is 11.5 Å².